The Hall–Kier alpha value is -1.14. The van der Waals surface area contributed by atoms with Crippen LogP contribution < -0.4 is 5.32 Å². The first kappa shape index (κ1) is 17.9. The van der Waals surface area contributed by atoms with Gasteiger partial charge in [-0.25, -0.2) is 0 Å². The molecule has 1 N–H and O–H groups in total. The molecule has 1 unspecified atom stereocenters. The minimum Gasteiger partial charge on any atom is -0.460 e. The van der Waals surface area contributed by atoms with Gasteiger partial charge < -0.3 is 14.8 Å². The molecule has 1 aliphatic heterocycles. The molecule has 1 heterocycles. The number of carbonyl (C=O) groups excluding carboxylic acids is 2. The first-order valence-electron chi connectivity index (χ1n) is 7.53. The third kappa shape index (κ3) is 6.91. The van der Waals surface area contributed by atoms with E-state index in [1.807, 2.05) is 39.5 Å². The Morgan fingerprint density at radius 1 is 1.38 bits per heavy atom. The summed E-state index contributed by atoms with van der Waals surface area (Å²) in [5, 5.41) is 2.89. The molecule has 122 valence electrons. The van der Waals surface area contributed by atoms with Crippen molar-refractivity contribution in [2.75, 3.05) is 26.3 Å². The lowest BCUT2D eigenvalue weighted by Crippen LogP contribution is -2.55. The molecule has 1 aliphatic rings. The first-order valence-corrected chi connectivity index (χ1v) is 7.53. The van der Waals surface area contributed by atoms with E-state index >= 15 is 0 Å². The molecule has 1 saturated heterocycles. The quantitative estimate of drug-likeness (QED) is 0.766. The molecule has 0 aromatic heterocycles. The van der Waals surface area contributed by atoms with E-state index in [4.69, 9.17) is 9.47 Å². The molecular weight excluding hydrogens is 272 g/mol. The minimum atomic E-state index is -0.476. The van der Waals surface area contributed by atoms with Gasteiger partial charge in [0.2, 0.25) is 5.91 Å². The summed E-state index contributed by atoms with van der Waals surface area (Å²) in [6.07, 6.45) is 0.280. The van der Waals surface area contributed by atoms with Gasteiger partial charge >= 0.3 is 5.97 Å². The summed E-state index contributed by atoms with van der Waals surface area (Å²) in [6.45, 7) is 11.5. The van der Waals surface area contributed by atoms with Gasteiger partial charge in [0.15, 0.2) is 0 Å². The maximum absolute atomic E-state index is 12.1. The predicted molar refractivity (Wildman–Crippen MR) is 79.9 cm³/mol. The highest BCUT2D eigenvalue weighted by molar-refractivity contribution is 5.82. The predicted octanol–water partition coefficient (Wildman–Crippen LogP) is 0.944. The highest BCUT2D eigenvalue weighted by Crippen LogP contribution is 2.11. The van der Waals surface area contributed by atoms with Crippen LogP contribution in [0.1, 0.15) is 41.0 Å². The van der Waals surface area contributed by atoms with Crippen LogP contribution in [0, 0.1) is 0 Å². The zero-order valence-electron chi connectivity index (χ0n) is 13.8. The molecule has 0 saturated carbocycles. The topological polar surface area (TPSA) is 67.9 Å². The molecule has 1 amide bonds. The second-order valence-corrected chi connectivity index (χ2v) is 6.63. The number of esters is 1. The highest BCUT2D eigenvalue weighted by Gasteiger charge is 2.30. The maximum atomic E-state index is 12.1. The summed E-state index contributed by atoms with van der Waals surface area (Å²) in [6, 6.07) is -0.240. The Bertz CT molecular complexity index is 363. The van der Waals surface area contributed by atoms with E-state index in [2.05, 4.69) is 5.32 Å². The fourth-order valence-corrected chi connectivity index (χ4v) is 2.16. The zero-order valence-corrected chi connectivity index (χ0v) is 13.8. The summed E-state index contributed by atoms with van der Waals surface area (Å²) in [5.74, 6) is -0.286. The van der Waals surface area contributed by atoms with Crippen LogP contribution in [-0.2, 0) is 19.1 Å². The summed E-state index contributed by atoms with van der Waals surface area (Å²) in [4.78, 5) is 25.9. The number of nitrogens with one attached hydrogen (secondary N) is 1. The number of morpholine rings is 1. The second-order valence-electron chi connectivity index (χ2n) is 6.63. The molecule has 1 fully saturated rings. The lowest BCUT2D eigenvalue weighted by Gasteiger charge is -2.34. The van der Waals surface area contributed by atoms with Crippen molar-refractivity contribution in [3.05, 3.63) is 0 Å². The Morgan fingerprint density at radius 3 is 2.62 bits per heavy atom. The van der Waals surface area contributed by atoms with Crippen molar-refractivity contribution in [1.29, 1.82) is 0 Å². The molecule has 0 bridgehead atoms. The van der Waals surface area contributed by atoms with Crippen molar-refractivity contribution in [1.82, 2.24) is 10.2 Å². The number of ether oxygens (including phenoxy) is 2. The second kappa shape index (κ2) is 7.75. The van der Waals surface area contributed by atoms with Gasteiger partial charge in [-0.2, -0.15) is 0 Å². The van der Waals surface area contributed by atoms with Crippen LogP contribution in [0.4, 0.5) is 0 Å². The van der Waals surface area contributed by atoms with Crippen molar-refractivity contribution < 1.29 is 19.1 Å². The van der Waals surface area contributed by atoms with E-state index < -0.39 is 5.60 Å². The lowest BCUT2D eigenvalue weighted by molar-refractivity contribution is -0.156. The van der Waals surface area contributed by atoms with Gasteiger partial charge in [-0.1, -0.05) is 0 Å². The molecule has 21 heavy (non-hydrogen) atoms. The molecular formula is C15H28N2O4. The average molecular weight is 300 g/mol. The van der Waals surface area contributed by atoms with Crippen LogP contribution in [0.2, 0.25) is 0 Å². The van der Waals surface area contributed by atoms with Crippen molar-refractivity contribution in [3.8, 4) is 0 Å². The Balaban J connectivity index is 2.50. The van der Waals surface area contributed by atoms with Crippen molar-refractivity contribution >= 4 is 11.9 Å². The number of carbonyl (C=O) groups is 2. The Morgan fingerprint density at radius 2 is 2.05 bits per heavy atom. The average Bonchev–Trinajstić information content (AvgIpc) is 2.33. The third-order valence-corrected chi connectivity index (χ3v) is 3.00. The van der Waals surface area contributed by atoms with Crippen LogP contribution in [0.25, 0.3) is 0 Å². The van der Waals surface area contributed by atoms with Gasteiger partial charge in [0.1, 0.15) is 11.6 Å². The third-order valence-electron chi connectivity index (χ3n) is 3.00. The number of nitrogens with zero attached hydrogens (tertiary/aromatic N) is 1. The summed E-state index contributed by atoms with van der Waals surface area (Å²) in [5.41, 5.74) is -0.476. The number of rotatable bonds is 5. The standard InChI is InChI=1S/C15H28N2O4/c1-11(2)16-14(19)12-10-20-9-8-17(12)7-6-13(18)21-15(3,4)5/h11-12H,6-10H2,1-5H3,(H,16,19). The molecule has 6 heteroatoms. The zero-order chi connectivity index (χ0) is 16.0. The Kier molecular flexibility index (Phi) is 6.61. The lowest BCUT2D eigenvalue weighted by atomic mass is 10.1. The molecule has 0 aromatic carbocycles. The molecule has 1 rings (SSSR count). The number of hydrogen-bond acceptors (Lipinski definition) is 5. The van der Waals surface area contributed by atoms with Crippen LogP contribution in [0.3, 0.4) is 0 Å². The van der Waals surface area contributed by atoms with Crippen molar-refractivity contribution in [3.63, 3.8) is 0 Å². The van der Waals surface area contributed by atoms with E-state index in [9.17, 15) is 9.59 Å². The van der Waals surface area contributed by atoms with Crippen LogP contribution in [-0.4, -0.2) is 60.8 Å². The van der Waals surface area contributed by atoms with Gasteiger partial charge in [-0.3, -0.25) is 14.5 Å². The van der Waals surface area contributed by atoms with Gasteiger partial charge in [-0.05, 0) is 34.6 Å². The van der Waals surface area contributed by atoms with Gasteiger partial charge in [0.05, 0.1) is 19.6 Å². The van der Waals surface area contributed by atoms with Gasteiger partial charge in [0.25, 0.3) is 0 Å². The normalized spacial score (nSPS) is 20.4. The first-order chi connectivity index (χ1) is 9.69. The maximum Gasteiger partial charge on any atom is 0.307 e. The summed E-state index contributed by atoms with van der Waals surface area (Å²) in [7, 11) is 0. The monoisotopic (exact) mass is 300 g/mol. The van der Waals surface area contributed by atoms with Crippen LogP contribution in [0.15, 0.2) is 0 Å². The smallest absolute Gasteiger partial charge is 0.307 e. The van der Waals surface area contributed by atoms with E-state index in [0.717, 1.165) is 0 Å². The van der Waals surface area contributed by atoms with Crippen molar-refractivity contribution in [2.24, 2.45) is 0 Å². The van der Waals surface area contributed by atoms with E-state index in [1.54, 1.807) is 0 Å². The summed E-state index contributed by atoms with van der Waals surface area (Å²) < 4.78 is 10.7. The molecule has 1 atom stereocenters. The Labute approximate surface area is 127 Å². The molecule has 0 radical (unpaired) electrons. The molecule has 0 aromatic rings. The van der Waals surface area contributed by atoms with E-state index in [1.165, 1.54) is 0 Å². The summed E-state index contributed by atoms with van der Waals surface area (Å²) >= 11 is 0. The fourth-order valence-electron chi connectivity index (χ4n) is 2.16. The van der Waals surface area contributed by atoms with E-state index in [-0.39, 0.29) is 30.4 Å². The minimum absolute atomic E-state index is 0.0473. The fraction of sp³-hybridized carbons (Fsp3) is 0.867. The molecule has 0 spiro atoms. The van der Waals surface area contributed by atoms with Gasteiger partial charge in [0, 0.05) is 19.1 Å². The highest BCUT2D eigenvalue weighted by atomic mass is 16.6. The SMILES string of the molecule is CC(C)NC(=O)C1COCCN1CCC(=O)OC(C)(C)C. The molecule has 0 aliphatic carbocycles. The van der Waals surface area contributed by atoms with Crippen LogP contribution in [0.5, 0.6) is 0 Å². The number of hydrogen-bond donors (Lipinski definition) is 1. The van der Waals surface area contributed by atoms with Crippen LogP contribution >= 0.6 is 0 Å². The van der Waals surface area contributed by atoms with E-state index in [0.29, 0.717) is 26.3 Å². The largest absolute Gasteiger partial charge is 0.460 e. The number of amides is 1. The van der Waals surface area contributed by atoms with Gasteiger partial charge in [-0.15, -0.1) is 0 Å². The molecule has 6 nitrogen and oxygen atoms in total. The van der Waals surface area contributed by atoms with Crippen molar-refractivity contribution in [2.45, 2.75) is 58.7 Å².